The summed E-state index contributed by atoms with van der Waals surface area (Å²) in [5, 5.41) is 3.53. The summed E-state index contributed by atoms with van der Waals surface area (Å²) in [6.07, 6.45) is 5.94. The van der Waals surface area contributed by atoms with Crippen LogP contribution in [0.1, 0.15) is 79.9 Å². The van der Waals surface area contributed by atoms with E-state index in [0.29, 0.717) is 16.5 Å². The van der Waals surface area contributed by atoms with Crippen LogP contribution in [-0.4, -0.2) is 18.0 Å². The van der Waals surface area contributed by atoms with Gasteiger partial charge < -0.3 is 10.1 Å². The number of hydrogen-bond acceptors (Lipinski definition) is 4. The van der Waals surface area contributed by atoms with Crippen LogP contribution in [0, 0.1) is 5.92 Å². The van der Waals surface area contributed by atoms with Gasteiger partial charge in [-0.1, -0.05) is 52.0 Å². The second-order valence-electron chi connectivity index (χ2n) is 9.70. The van der Waals surface area contributed by atoms with Gasteiger partial charge in [0.1, 0.15) is 5.00 Å². The highest BCUT2D eigenvalue weighted by Crippen LogP contribution is 2.40. The fourth-order valence-electron chi connectivity index (χ4n) is 3.75. The lowest BCUT2D eigenvalue weighted by molar-refractivity contribution is -0.111. The number of rotatable bonds is 5. The van der Waals surface area contributed by atoms with Crippen LogP contribution in [0.4, 0.5) is 5.00 Å². The fourth-order valence-corrected chi connectivity index (χ4v) is 5.15. The molecule has 5 heteroatoms. The molecule has 0 radical (unpaired) electrons. The molecule has 2 aromatic rings. The minimum atomic E-state index is -0.348. The first-order valence-electron chi connectivity index (χ1n) is 11.0. The Morgan fingerprint density at radius 3 is 2.48 bits per heavy atom. The Morgan fingerprint density at radius 1 is 1.19 bits per heavy atom. The minimum Gasteiger partial charge on any atom is -0.459 e. The van der Waals surface area contributed by atoms with Crippen LogP contribution < -0.4 is 5.32 Å². The summed E-state index contributed by atoms with van der Waals surface area (Å²) in [6.45, 7) is 12.4. The lowest BCUT2D eigenvalue weighted by Gasteiger charge is -2.18. The van der Waals surface area contributed by atoms with Gasteiger partial charge in [-0.05, 0) is 67.2 Å². The molecule has 1 heterocycles. The van der Waals surface area contributed by atoms with Crippen molar-refractivity contribution in [2.45, 2.75) is 72.3 Å². The molecule has 1 aliphatic rings. The van der Waals surface area contributed by atoms with Crippen LogP contribution >= 0.6 is 11.3 Å². The van der Waals surface area contributed by atoms with E-state index >= 15 is 0 Å². The molecule has 4 nitrogen and oxygen atoms in total. The summed E-state index contributed by atoms with van der Waals surface area (Å²) in [5.74, 6) is -0.0103. The number of benzene rings is 1. The number of carbonyl (C=O) groups is 2. The van der Waals surface area contributed by atoms with Gasteiger partial charge in [-0.25, -0.2) is 4.79 Å². The molecule has 0 saturated carbocycles. The summed E-state index contributed by atoms with van der Waals surface area (Å²) in [7, 11) is 0. The SMILES string of the molecule is CC(C)OC(=O)c1c(NC(=O)/C=C/c2ccc(C(C)(C)C)cc2)sc2c1CC[C@@H](C)C2. The van der Waals surface area contributed by atoms with E-state index in [0.717, 1.165) is 30.4 Å². The van der Waals surface area contributed by atoms with Crippen molar-refractivity contribution in [2.24, 2.45) is 5.92 Å². The average Bonchev–Trinajstić information content (AvgIpc) is 3.02. The van der Waals surface area contributed by atoms with Crippen LogP contribution in [0.2, 0.25) is 0 Å². The van der Waals surface area contributed by atoms with E-state index in [1.165, 1.54) is 27.9 Å². The molecular weight excluding hydrogens is 406 g/mol. The molecule has 1 aliphatic carbocycles. The molecule has 31 heavy (non-hydrogen) atoms. The molecule has 0 saturated heterocycles. The molecule has 0 fully saturated rings. The van der Waals surface area contributed by atoms with Crippen LogP contribution in [0.25, 0.3) is 6.08 Å². The van der Waals surface area contributed by atoms with Crippen molar-refractivity contribution in [3.8, 4) is 0 Å². The number of carbonyl (C=O) groups excluding carboxylic acids is 2. The summed E-state index contributed by atoms with van der Waals surface area (Å²) in [6, 6.07) is 8.21. The number of anilines is 1. The first kappa shape index (κ1) is 23.3. The molecule has 1 atom stereocenters. The van der Waals surface area contributed by atoms with E-state index in [4.69, 9.17) is 4.74 Å². The quantitative estimate of drug-likeness (QED) is 0.434. The Balaban J connectivity index is 1.79. The summed E-state index contributed by atoms with van der Waals surface area (Å²) >= 11 is 1.51. The maximum atomic E-state index is 12.8. The zero-order valence-electron chi connectivity index (χ0n) is 19.4. The second kappa shape index (κ2) is 9.39. The average molecular weight is 440 g/mol. The van der Waals surface area contributed by atoms with E-state index in [1.807, 2.05) is 26.0 Å². The Hall–Kier alpha value is -2.40. The molecule has 0 aliphatic heterocycles. The first-order chi connectivity index (χ1) is 14.5. The minimum absolute atomic E-state index is 0.0936. The monoisotopic (exact) mass is 439 g/mol. The second-order valence-corrected chi connectivity index (χ2v) is 10.8. The van der Waals surface area contributed by atoms with E-state index in [1.54, 1.807) is 6.08 Å². The number of esters is 1. The van der Waals surface area contributed by atoms with E-state index in [2.05, 4.69) is 45.1 Å². The standard InChI is InChI=1S/C26H33NO3S/c1-16(2)30-25(29)23-20-13-7-17(3)15-21(20)31-24(23)27-22(28)14-10-18-8-11-19(12-9-18)26(4,5)6/h8-12,14,16-17H,7,13,15H2,1-6H3,(H,27,28)/b14-10+/t17-/m1/s1. The van der Waals surface area contributed by atoms with Gasteiger partial charge in [-0.3, -0.25) is 4.79 Å². The highest BCUT2D eigenvalue weighted by molar-refractivity contribution is 7.17. The molecule has 1 N–H and O–H groups in total. The van der Waals surface area contributed by atoms with Gasteiger partial charge in [0.05, 0.1) is 11.7 Å². The predicted octanol–water partition coefficient (Wildman–Crippen LogP) is 6.39. The number of ether oxygens (including phenoxy) is 1. The van der Waals surface area contributed by atoms with Crippen molar-refractivity contribution in [2.75, 3.05) is 5.32 Å². The summed E-state index contributed by atoms with van der Waals surface area (Å²) in [5.41, 5.74) is 3.89. The first-order valence-corrected chi connectivity index (χ1v) is 11.8. The fraction of sp³-hybridized carbons (Fsp3) is 0.462. The molecule has 166 valence electrons. The Morgan fingerprint density at radius 2 is 1.87 bits per heavy atom. The zero-order valence-corrected chi connectivity index (χ0v) is 20.2. The Kier molecular flexibility index (Phi) is 7.05. The van der Waals surface area contributed by atoms with Crippen molar-refractivity contribution >= 4 is 34.3 Å². The highest BCUT2D eigenvalue weighted by atomic mass is 32.1. The van der Waals surface area contributed by atoms with Gasteiger partial charge in [-0.2, -0.15) is 0 Å². The normalized spacial score (nSPS) is 16.4. The van der Waals surface area contributed by atoms with E-state index < -0.39 is 0 Å². The smallest absolute Gasteiger partial charge is 0.341 e. The van der Waals surface area contributed by atoms with Crippen LogP contribution in [0.5, 0.6) is 0 Å². The Labute approximate surface area is 189 Å². The van der Waals surface area contributed by atoms with Gasteiger partial charge in [0, 0.05) is 11.0 Å². The van der Waals surface area contributed by atoms with Gasteiger partial charge in [0.25, 0.3) is 0 Å². The van der Waals surface area contributed by atoms with E-state index in [-0.39, 0.29) is 23.4 Å². The van der Waals surface area contributed by atoms with Crippen molar-refractivity contribution < 1.29 is 14.3 Å². The van der Waals surface area contributed by atoms with Crippen LogP contribution in [0.3, 0.4) is 0 Å². The molecular formula is C26H33NO3S. The Bertz CT molecular complexity index is 977. The third kappa shape index (κ3) is 5.85. The number of hydrogen-bond donors (Lipinski definition) is 1. The number of amides is 1. The zero-order chi connectivity index (χ0) is 22.8. The van der Waals surface area contributed by atoms with Crippen LogP contribution in [-0.2, 0) is 27.8 Å². The van der Waals surface area contributed by atoms with Crippen molar-refractivity contribution in [3.05, 3.63) is 57.5 Å². The lowest BCUT2D eigenvalue weighted by atomic mass is 9.87. The van der Waals surface area contributed by atoms with Gasteiger partial charge in [0.2, 0.25) is 5.91 Å². The van der Waals surface area contributed by atoms with Gasteiger partial charge >= 0.3 is 5.97 Å². The van der Waals surface area contributed by atoms with Crippen molar-refractivity contribution in [3.63, 3.8) is 0 Å². The molecule has 1 aromatic heterocycles. The number of nitrogens with one attached hydrogen (secondary N) is 1. The molecule has 3 rings (SSSR count). The third-order valence-electron chi connectivity index (χ3n) is 5.50. The van der Waals surface area contributed by atoms with Gasteiger partial charge in [0.15, 0.2) is 0 Å². The van der Waals surface area contributed by atoms with Crippen molar-refractivity contribution in [1.82, 2.24) is 0 Å². The molecule has 1 aromatic carbocycles. The van der Waals surface area contributed by atoms with E-state index in [9.17, 15) is 9.59 Å². The molecule has 1 amide bonds. The van der Waals surface area contributed by atoms with Gasteiger partial charge in [-0.15, -0.1) is 11.3 Å². The topological polar surface area (TPSA) is 55.4 Å². The third-order valence-corrected chi connectivity index (χ3v) is 6.67. The lowest BCUT2D eigenvalue weighted by Crippen LogP contribution is -2.18. The summed E-state index contributed by atoms with van der Waals surface area (Å²) < 4.78 is 5.48. The van der Waals surface area contributed by atoms with Crippen LogP contribution in [0.15, 0.2) is 30.3 Å². The largest absolute Gasteiger partial charge is 0.459 e. The number of fused-ring (bicyclic) bond motifs is 1. The maximum Gasteiger partial charge on any atom is 0.341 e. The number of thiophene rings is 1. The summed E-state index contributed by atoms with van der Waals surface area (Å²) in [4.78, 5) is 26.6. The predicted molar refractivity (Wildman–Crippen MR) is 129 cm³/mol. The molecule has 0 unspecified atom stereocenters. The molecule has 0 bridgehead atoms. The molecule has 0 spiro atoms. The van der Waals surface area contributed by atoms with Crippen molar-refractivity contribution in [1.29, 1.82) is 0 Å². The maximum absolute atomic E-state index is 12.8. The highest BCUT2D eigenvalue weighted by Gasteiger charge is 2.29.